The zero-order valence-electron chi connectivity index (χ0n) is 13.1. The Balaban J connectivity index is 1.80. The predicted molar refractivity (Wildman–Crippen MR) is 86.0 cm³/mol. The molecule has 3 aromatic rings. The molecule has 128 valence electrons. The molecule has 0 aliphatic rings. The zero-order valence-corrected chi connectivity index (χ0v) is 13.1. The standard InChI is InChI=1S/C17H13F3N4O/c1-10-21-15(24-23-10)11-6-8-12(9-7-11)22-16(25)13-4-2-3-5-14(13)17(18,19)20/h2-9H,1H3,(H,22,25)(H,21,23,24). The Bertz CT molecular complexity index is 901. The summed E-state index contributed by atoms with van der Waals surface area (Å²) in [4.78, 5) is 16.4. The number of nitrogens with one attached hydrogen (secondary N) is 2. The first-order valence-electron chi connectivity index (χ1n) is 7.31. The van der Waals surface area contributed by atoms with E-state index in [0.29, 0.717) is 17.3 Å². The van der Waals surface area contributed by atoms with Crippen molar-refractivity contribution in [2.75, 3.05) is 5.32 Å². The molecule has 1 heterocycles. The van der Waals surface area contributed by atoms with Gasteiger partial charge in [-0.25, -0.2) is 4.98 Å². The molecular weight excluding hydrogens is 333 g/mol. The lowest BCUT2D eigenvalue weighted by Crippen LogP contribution is -2.18. The average Bonchev–Trinajstić information content (AvgIpc) is 3.01. The lowest BCUT2D eigenvalue weighted by atomic mass is 10.1. The molecule has 0 fully saturated rings. The third-order valence-corrected chi connectivity index (χ3v) is 3.48. The van der Waals surface area contributed by atoms with Crippen LogP contribution < -0.4 is 5.32 Å². The van der Waals surface area contributed by atoms with Crippen LogP contribution in [-0.2, 0) is 6.18 Å². The van der Waals surface area contributed by atoms with Gasteiger partial charge in [-0.3, -0.25) is 9.89 Å². The number of nitrogens with zero attached hydrogens (tertiary/aromatic N) is 2. The molecule has 2 aromatic carbocycles. The predicted octanol–water partition coefficient (Wildman–Crippen LogP) is 4.05. The number of halogens is 3. The van der Waals surface area contributed by atoms with E-state index in [0.717, 1.165) is 17.7 Å². The zero-order chi connectivity index (χ0) is 18.0. The van der Waals surface area contributed by atoms with Crippen LogP contribution in [0.5, 0.6) is 0 Å². The Labute approximate surface area is 140 Å². The summed E-state index contributed by atoms with van der Waals surface area (Å²) in [6.07, 6.45) is -4.60. The van der Waals surface area contributed by atoms with E-state index in [9.17, 15) is 18.0 Å². The number of H-pyrrole nitrogens is 1. The first-order chi connectivity index (χ1) is 11.8. The van der Waals surface area contributed by atoms with Crippen LogP contribution in [0.3, 0.4) is 0 Å². The number of hydrogen-bond donors (Lipinski definition) is 2. The van der Waals surface area contributed by atoms with Gasteiger partial charge in [0.1, 0.15) is 5.82 Å². The molecule has 0 spiro atoms. The van der Waals surface area contributed by atoms with Gasteiger partial charge in [0.15, 0.2) is 5.82 Å². The number of hydrogen-bond acceptors (Lipinski definition) is 3. The van der Waals surface area contributed by atoms with Crippen LogP contribution in [0.4, 0.5) is 18.9 Å². The normalized spacial score (nSPS) is 11.4. The minimum atomic E-state index is -4.60. The second-order valence-corrected chi connectivity index (χ2v) is 5.32. The van der Waals surface area contributed by atoms with E-state index in [-0.39, 0.29) is 0 Å². The molecule has 0 radical (unpaired) electrons. The molecule has 1 amide bonds. The second kappa shape index (κ2) is 6.39. The van der Waals surface area contributed by atoms with Gasteiger partial charge in [-0.2, -0.15) is 18.3 Å². The molecule has 0 atom stereocenters. The number of benzene rings is 2. The van der Waals surface area contributed by atoms with Gasteiger partial charge in [-0.1, -0.05) is 12.1 Å². The van der Waals surface area contributed by atoms with Gasteiger partial charge in [0, 0.05) is 11.3 Å². The van der Waals surface area contributed by atoms with Crippen molar-refractivity contribution in [3.8, 4) is 11.4 Å². The van der Waals surface area contributed by atoms with Crippen molar-refractivity contribution in [3.05, 3.63) is 65.5 Å². The summed E-state index contributed by atoms with van der Waals surface area (Å²) in [6.45, 7) is 1.77. The third-order valence-electron chi connectivity index (χ3n) is 3.48. The number of aromatic amines is 1. The Hall–Kier alpha value is -3.16. The highest BCUT2D eigenvalue weighted by atomic mass is 19.4. The molecule has 2 N–H and O–H groups in total. The summed E-state index contributed by atoms with van der Waals surface area (Å²) >= 11 is 0. The Morgan fingerprint density at radius 2 is 1.76 bits per heavy atom. The number of carbonyl (C=O) groups is 1. The van der Waals surface area contributed by atoms with Gasteiger partial charge in [0.05, 0.1) is 11.1 Å². The summed E-state index contributed by atoms with van der Waals surface area (Å²) in [5.74, 6) is 0.336. The van der Waals surface area contributed by atoms with E-state index in [4.69, 9.17) is 0 Å². The van der Waals surface area contributed by atoms with Crippen LogP contribution >= 0.6 is 0 Å². The van der Waals surface area contributed by atoms with Gasteiger partial charge in [0.25, 0.3) is 5.91 Å². The van der Waals surface area contributed by atoms with E-state index in [2.05, 4.69) is 20.5 Å². The SMILES string of the molecule is Cc1nc(-c2ccc(NC(=O)c3ccccc3C(F)(F)F)cc2)n[nH]1. The fourth-order valence-electron chi connectivity index (χ4n) is 2.30. The first-order valence-corrected chi connectivity index (χ1v) is 7.31. The smallest absolute Gasteiger partial charge is 0.322 e. The van der Waals surface area contributed by atoms with Gasteiger partial charge in [0.2, 0.25) is 0 Å². The molecule has 0 saturated heterocycles. The highest BCUT2D eigenvalue weighted by Gasteiger charge is 2.34. The van der Waals surface area contributed by atoms with E-state index < -0.39 is 23.2 Å². The Morgan fingerprint density at radius 1 is 1.08 bits per heavy atom. The molecule has 0 saturated carbocycles. The molecule has 0 bridgehead atoms. The molecule has 0 aliphatic heterocycles. The van der Waals surface area contributed by atoms with Gasteiger partial charge >= 0.3 is 6.18 Å². The molecule has 0 unspecified atom stereocenters. The molecular formula is C17H13F3N4O. The number of anilines is 1. The highest BCUT2D eigenvalue weighted by Crippen LogP contribution is 2.32. The van der Waals surface area contributed by atoms with Crippen molar-refractivity contribution in [3.63, 3.8) is 0 Å². The maximum Gasteiger partial charge on any atom is 0.417 e. The summed E-state index contributed by atoms with van der Waals surface area (Å²) in [6, 6.07) is 11.2. The topological polar surface area (TPSA) is 70.7 Å². The second-order valence-electron chi connectivity index (χ2n) is 5.32. The van der Waals surface area contributed by atoms with Crippen LogP contribution in [0.1, 0.15) is 21.7 Å². The monoisotopic (exact) mass is 346 g/mol. The molecule has 5 nitrogen and oxygen atoms in total. The number of rotatable bonds is 3. The molecule has 0 aliphatic carbocycles. The van der Waals surface area contributed by atoms with E-state index in [1.54, 1.807) is 31.2 Å². The minimum absolute atomic E-state index is 0.373. The molecule has 25 heavy (non-hydrogen) atoms. The lowest BCUT2D eigenvalue weighted by molar-refractivity contribution is -0.137. The summed E-state index contributed by atoms with van der Waals surface area (Å²) in [5.41, 5.74) is -0.306. The molecule has 1 aromatic heterocycles. The number of carbonyl (C=O) groups excluding carboxylic acids is 1. The summed E-state index contributed by atoms with van der Waals surface area (Å²) in [7, 11) is 0. The largest absolute Gasteiger partial charge is 0.417 e. The van der Waals surface area contributed by atoms with Crippen molar-refractivity contribution < 1.29 is 18.0 Å². The van der Waals surface area contributed by atoms with Crippen molar-refractivity contribution in [2.45, 2.75) is 13.1 Å². The maximum absolute atomic E-state index is 13.0. The lowest BCUT2D eigenvalue weighted by Gasteiger charge is -2.12. The van der Waals surface area contributed by atoms with Crippen LogP contribution in [0.25, 0.3) is 11.4 Å². The number of aryl methyl sites for hydroxylation is 1. The molecule has 3 rings (SSSR count). The van der Waals surface area contributed by atoms with Crippen molar-refractivity contribution >= 4 is 11.6 Å². The van der Waals surface area contributed by atoms with Gasteiger partial charge < -0.3 is 5.32 Å². The number of alkyl halides is 3. The molecule has 8 heteroatoms. The summed E-state index contributed by atoms with van der Waals surface area (Å²) < 4.78 is 39.0. The van der Waals surface area contributed by atoms with Crippen molar-refractivity contribution in [1.29, 1.82) is 0 Å². The quantitative estimate of drug-likeness (QED) is 0.751. The third kappa shape index (κ3) is 3.68. The average molecular weight is 346 g/mol. The fourth-order valence-corrected chi connectivity index (χ4v) is 2.30. The highest BCUT2D eigenvalue weighted by molar-refractivity contribution is 6.05. The van der Waals surface area contributed by atoms with E-state index >= 15 is 0 Å². The minimum Gasteiger partial charge on any atom is -0.322 e. The number of aromatic nitrogens is 3. The van der Waals surface area contributed by atoms with Crippen molar-refractivity contribution in [1.82, 2.24) is 15.2 Å². The van der Waals surface area contributed by atoms with Crippen LogP contribution in [-0.4, -0.2) is 21.1 Å². The van der Waals surface area contributed by atoms with Gasteiger partial charge in [-0.15, -0.1) is 0 Å². The summed E-state index contributed by atoms with van der Waals surface area (Å²) in [5, 5.41) is 9.20. The van der Waals surface area contributed by atoms with Gasteiger partial charge in [-0.05, 0) is 43.3 Å². The maximum atomic E-state index is 13.0. The fraction of sp³-hybridized carbons (Fsp3) is 0.118. The Kier molecular flexibility index (Phi) is 4.26. The van der Waals surface area contributed by atoms with Crippen LogP contribution in [0, 0.1) is 6.92 Å². The van der Waals surface area contributed by atoms with Crippen LogP contribution in [0.15, 0.2) is 48.5 Å². The van der Waals surface area contributed by atoms with E-state index in [1.807, 2.05) is 0 Å². The van der Waals surface area contributed by atoms with E-state index in [1.165, 1.54) is 12.1 Å². The first kappa shape index (κ1) is 16.7. The van der Waals surface area contributed by atoms with Crippen LogP contribution in [0.2, 0.25) is 0 Å². The number of amides is 1. The van der Waals surface area contributed by atoms with Crippen molar-refractivity contribution in [2.24, 2.45) is 0 Å². The Morgan fingerprint density at radius 3 is 2.36 bits per heavy atom.